The molecule has 4 fully saturated rings. The van der Waals surface area contributed by atoms with Crippen LogP contribution in [0, 0.1) is 29.1 Å². The number of fused-ring (bicyclic) bond motifs is 3. The van der Waals surface area contributed by atoms with E-state index in [2.05, 4.69) is 69.4 Å². The molecule has 3 saturated heterocycles. The average molecular weight is 721 g/mol. The number of rotatable bonds is 4. The molecule has 1 spiro atoms. The monoisotopic (exact) mass is 721 g/mol. The van der Waals surface area contributed by atoms with E-state index in [0.717, 1.165) is 16.4 Å². The fourth-order valence-corrected chi connectivity index (χ4v) is 13.0. The number of ketones is 1. The van der Waals surface area contributed by atoms with Crippen LogP contribution in [0.4, 0.5) is 0 Å². The van der Waals surface area contributed by atoms with E-state index in [1.165, 1.54) is 0 Å². The Hall–Kier alpha value is -2.32. The molecule has 3 aliphatic heterocycles. The fraction of sp³-hybridized carbons (Fsp3) is 0.600. The van der Waals surface area contributed by atoms with Crippen LogP contribution in [0.25, 0.3) is 0 Å². The van der Waals surface area contributed by atoms with Gasteiger partial charge >= 0.3 is 293 Å². The number of amides is 1. The van der Waals surface area contributed by atoms with Crippen molar-refractivity contribution in [1.82, 2.24) is 5.32 Å². The number of Topliss-reactive ketones (excluding diaryl/α,β-unsaturated/α-hetero) is 1. The third kappa shape index (κ3) is 5.46. The van der Waals surface area contributed by atoms with Gasteiger partial charge in [0.05, 0.1) is 0 Å². The number of carbonyl (C=O) groups excluding carboxylic acids is 2. The Balaban J connectivity index is 1.43. The Kier molecular flexibility index (Phi) is 8.46. The SMILES string of the molecule is C[C@H]1C/C=C/[C@H]2[C@@H]3OC(C)(C)O[C@]3(C)[C@@H](C)[C@H]3[C@H](Cc4ccccc4)NC(=O)[C@]32C(=O)[C@H]([Se]c2ccccc2)C[C@@]2(C)OC(C)(C)O[C@H]12. The first-order chi connectivity index (χ1) is 22.6. The zero-order chi connectivity index (χ0) is 34.3. The van der Waals surface area contributed by atoms with Crippen LogP contribution in [0.15, 0.2) is 72.8 Å². The van der Waals surface area contributed by atoms with Gasteiger partial charge in [0.15, 0.2) is 0 Å². The van der Waals surface area contributed by atoms with Gasteiger partial charge in [0, 0.05) is 0 Å². The van der Waals surface area contributed by atoms with Crippen LogP contribution in [-0.4, -0.2) is 67.7 Å². The van der Waals surface area contributed by atoms with Crippen molar-refractivity contribution in [3.63, 3.8) is 0 Å². The Morgan fingerprint density at radius 2 is 1.46 bits per heavy atom. The minimum atomic E-state index is -1.35. The van der Waals surface area contributed by atoms with Crippen molar-refractivity contribution in [1.29, 1.82) is 0 Å². The van der Waals surface area contributed by atoms with E-state index in [0.29, 0.717) is 12.8 Å². The van der Waals surface area contributed by atoms with E-state index < -0.39 is 45.0 Å². The van der Waals surface area contributed by atoms with Crippen molar-refractivity contribution in [2.24, 2.45) is 29.1 Å². The Morgan fingerprint density at radius 1 is 0.833 bits per heavy atom. The zero-order valence-corrected chi connectivity index (χ0v) is 31.2. The van der Waals surface area contributed by atoms with Gasteiger partial charge in [-0.2, -0.15) is 0 Å². The first-order valence-electron chi connectivity index (χ1n) is 17.6. The van der Waals surface area contributed by atoms with E-state index in [-0.39, 0.29) is 56.5 Å². The molecule has 48 heavy (non-hydrogen) atoms. The molecule has 0 aromatic heterocycles. The standard InChI is InChI=1S/C40H51NO6Se/c1-24-16-15-21-28-34-39(8,47-37(5,6)45-34)25(2)31-29(22-26-17-11-9-12-18-26)41-35(43)40(28,31)32(42)30(48-27-19-13-10-14-20-27)23-38(7)33(24)44-36(3,4)46-38/h9-15,17-21,24-25,28-31,33-34H,16,22-23H2,1-8H3,(H,41,43)/b21-15+/t24-,25-,28-,29-,30+,31-,33+,34-,38+,39+,40-/m0/s1. The van der Waals surface area contributed by atoms with Crippen LogP contribution in [0.5, 0.6) is 0 Å². The van der Waals surface area contributed by atoms with Gasteiger partial charge in [-0.1, -0.05) is 0 Å². The van der Waals surface area contributed by atoms with Gasteiger partial charge in [-0.05, 0) is 0 Å². The molecule has 0 unspecified atom stereocenters. The van der Waals surface area contributed by atoms with Crippen LogP contribution in [0.3, 0.4) is 0 Å². The summed E-state index contributed by atoms with van der Waals surface area (Å²) in [4.78, 5) is 30.7. The van der Waals surface area contributed by atoms with Crippen LogP contribution >= 0.6 is 0 Å². The molecule has 3 heterocycles. The summed E-state index contributed by atoms with van der Waals surface area (Å²) in [5.74, 6) is -2.69. The van der Waals surface area contributed by atoms with E-state index >= 15 is 9.59 Å². The zero-order valence-electron chi connectivity index (χ0n) is 29.5. The molecular weight excluding hydrogens is 669 g/mol. The van der Waals surface area contributed by atoms with Crippen molar-refractivity contribution < 1.29 is 28.5 Å². The number of hydrogen-bond donors (Lipinski definition) is 1. The molecule has 5 aliphatic rings. The molecule has 7 nitrogen and oxygen atoms in total. The van der Waals surface area contributed by atoms with Gasteiger partial charge in [0.1, 0.15) is 0 Å². The Morgan fingerprint density at radius 3 is 2.15 bits per heavy atom. The first kappa shape index (κ1) is 34.1. The molecule has 2 aromatic carbocycles. The number of hydrogen-bond acceptors (Lipinski definition) is 6. The summed E-state index contributed by atoms with van der Waals surface area (Å²) < 4.78 is 28.2. The van der Waals surface area contributed by atoms with E-state index in [4.69, 9.17) is 18.9 Å². The predicted octanol–water partition coefficient (Wildman–Crippen LogP) is 5.79. The van der Waals surface area contributed by atoms with Crippen LogP contribution in [0.1, 0.15) is 73.8 Å². The molecule has 7 rings (SSSR count). The van der Waals surface area contributed by atoms with Crippen LogP contribution in [0.2, 0.25) is 4.82 Å². The predicted molar refractivity (Wildman–Crippen MR) is 186 cm³/mol. The summed E-state index contributed by atoms with van der Waals surface area (Å²) in [7, 11) is 0. The van der Waals surface area contributed by atoms with Gasteiger partial charge in [-0.25, -0.2) is 0 Å². The molecular formula is C40H51NO6Se. The van der Waals surface area contributed by atoms with E-state index in [9.17, 15) is 0 Å². The molecule has 8 heteroatoms. The summed E-state index contributed by atoms with van der Waals surface area (Å²) >= 11 is -0.277. The van der Waals surface area contributed by atoms with Gasteiger partial charge < -0.3 is 0 Å². The van der Waals surface area contributed by atoms with Gasteiger partial charge in [0.25, 0.3) is 0 Å². The quantitative estimate of drug-likeness (QED) is 0.245. The minimum absolute atomic E-state index is 0.00380. The van der Waals surface area contributed by atoms with Crippen LogP contribution < -0.4 is 9.78 Å². The third-order valence-electron chi connectivity index (χ3n) is 11.9. The summed E-state index contributed by atoms with van der Waals surface area (Å²) in [5, 5.41) is 3.43. The van der Waals surface area contributed by atoms with Crippen molar-refractivity contribution in [2.45, 2.75) is 120 Å². The second kappa shape index (κ2) is 11.9. The second-order valence-electron chi connectivity index (χ2n) is 16.2. The van der Waals surface area contributed by atoms with Crippen molar-refractivity contribution in [3.8, 4) is 0 Å². The van der Waals surface area contributed by atoms with Crippen molar-refractivity contribution in [2.75, 3.05) is 0 Å². The molecule has 0 bridgehead atoms. The maximum atomic E-state index is 16.0. The third-order valence-corrected chi connectivity index (χ3v) is 14.4. The first-order valence-corrected chi connectivity index (χ1v) is 19.5. The number of allylic oxidation sites excluding steroid dienone is 1. The topological polar surface area (TPSA) is 83.1 Å². The Bertz CT molecular complexity index is 1580. The number of carbonyl (C=O) groups is 2. The molecule has 258 valence electrons. The van der Waals surface area contributed by atoms with Crippen molar-refractivity contribution in [3.05, 3.63) is 78.4 Å². The summed E-state index contributed by atoms with van der Waals surface area (Å²) in [5.41, 5.74) is -1.65. The number of benzene rings is 2. The molecule has 11 atom stereocenters. The Labute approximate surface area is 292 Å². The second-order valence-corrected chi connectivity index (χ2v) is 18.9. The van der Waals surface area contributed by atoms with Gasteiger partial charge in [0.2, 0.25) is 0 Å². The normalized spacial score (nSPS) is 43.7. The fourth-order valence-electron chi connectivity index (χ4n) is 10.1. The summed E-state index contributed by atoms with van der Waals surface area (Å²) in [6.07, 6.45) is 5.43. The number of ether oxygens (including phenoxy) is 4. The molecule has 1 saturated carbocycles. The average Bonchev–Trinajstić information content (AvgIpc) is 3.56. The van der Waals surface area contributed by atoms with E-state index in [1.807, 2.05) is 64.1 Å². The molecule has 1 N–H and O–H groups in total. The number of nitrogens with one attached hydrogen (secondary N) is 1. The molecule has 2 aromatic rings. The van der Waals surface area contributed by atoms with Crippen molar-refractivity contribution >= 4 is 31.1 Å². The van der Waals surface area contributed by atoms with Crippen LogP contribution in [-0.2, 0) is 35.0 Å². The maximum absolute atomic E-state index is 16.0. The van der Waals surface area contributed by atoms with E-state index in [1.54, 1.807) is 0 Å². The molecule has 0 radical (unpaired) electrons. The molecule has 2 aliphatic carbocycles. The molecule has 1 amide bonds. The summed E-state index contributed by atoms with van der Waals surface area (Å²) in [6, 6.07) is 20.3. The summed E-state index contributed by atoms with van der Waals surface area (Å²) in [6.45, 7) is 16.5. The van der Waals surface area contributed by atoms with Gasteiger partial charge in [-0.15, -0.1) is 0 Å². The van der Waals surface area contributed by atoms with Gasteiger partial charge in [-0.3, -0.25) is 0 Å².